The van der Waals surface area contributed by atoms with Gasteiger partial charge in [0.2, 0.25) is 0 Å². The van der Waals surface area contributed by atoms with Gasteiger partial charge in [0.25, 0.3) is 0 Å². The minimum absolute atomic E-state index is 0.0325. The predicted molar refractivity (Wildman–Crippen MR) is 291 cm³/mol. The molecule has 0 unspecified atom stereocenters. The van der Waals surface area contributed by atoms with Crippen LogP contribution in [0.25, 0.3) is 65.7 Å². The van der Waals surface area contributed by atoms with E-state index >= 15 is 0 Å². The first-order valence-electron chi connectivity index (χ1n) is 24.5. The Hall–Kier alpha value is -7.22. The van der Waals surface area contributed by atoms with Crippen LogP contribution in [0.4, 0.5) is 17.1 Å². The second-order valence-electron chi connectivity index (χ2n) is 22.6. The van der Waals surface area contributed by atoms with Crippen LogP contribution in [-0.2, 0) is 21.7 Å². The largest absolute Gasteiger partial charge is 0.310 e. The van der Waals surface area contributed by atoms with Gasteiger partial charge in [0.05, 0.1) is 11.1 Å². The number of hydrogen-bond donors (Lipinski definition) is 0. The van der Waals surface area contributed by atoms with Gasteiger partial charge in [-0.3, -0.25) is 0 Å². The van der Waals surface area contributed by atoms with Gasteiger partial charge in [-0.1, -0.05) is 226 Å². The van der Waals surface area contributed by atoms with Crippen molar-refractivity contribution in [3.05, 3.63) is 233 Å². The van der Waals surface area contributed by atoms with Gasteiger partial charge >= 0.3 is 0 Å². The average molecular weight is 878 g/mol. The zero-order valence-corrected chi connectivity index (χ0v) is 40.9. The molecular weight excluding hydrogens is 819 g/mol. The van der Waals surface area contributed by atoms with Crippen molar-refractivity contribution in [2.45, 2.75) is 84.0 Å². The van der Waals surface area contributed by atoms with E-state index in [2.05, 4.69) is 261 Å². The monoisotopic (exact) mass is 877 g/mol. The SMILES string of the molecule is CC(C)(C)c1ccc2c(c1)C1(c3cc(C(C)(C)C)ccc3-2)c2cc(C(C)(C)C)ccc2-c2c(N(c3ccc(-c4ccccc4)cc3)c3ccc4c5ccccc5c5ccccc5c4c3)cccc21. The molecule has 1 spiro atoms. The van der Waals surface area contributed by atoms with Crippen LogP contribution in [0.2, 0.25) is 0 Å². The van der Waals surface area contributed by atoms with Crippen molar-refractivity contribution in [3.8, 4) is 33.4 Å². The Kier molecular flexibility index (Phi) is 9.23. The molecule has 68 heavy (non-hydrogen) atoms. The van der Waals surface area contributed by atoms with E-state index in [1.807, 2.05) is 0 Å². The number of rotatable bonds is 4. The molecule has 0 aliphatic heterocycles. The van der Waals surface area contributed by atoms with Gasteiger partial charge in [-0.15, -0.1) is 0 Å². The van der Waals surface area contributed by atoms with Crippen LogP contribution in [0.5, 0.6) is 0 Å². The summed E-state index contributed by atoms with van der Waals surface area (Å²) in [6, 6.07) is 74.3. The fourth-order valence-electron chi connectivity index (χ4n) is 11.7. The first kappa shape index (κ1) is 42.2. The minimum atomic E-state index is -0.545. The molecule has 2 aliphatic rings. The molecule has 10 aromatic carbocycles. The first-order chi connectivity index (χ1) is 32.6. The Morgan fingerprint density at radius 1 is 0.309 bits per heavy atom. The van der Waals surface area contributed by atoms with Crippen molar-refractivity contribution in [3.63, 3.8) is 0 Å². The molecule has 0 saturated heterocycles. The maximum Gasteiger partial charge on any atom is 0.0726 e. The fourth-order valence-corrected chi connectivity index (χ4v) is 11.7. The summed E-state index contributed by atoms with van der Waals surface area (Å²) in [6.45, 7) is 21.2. The molecule has 332 valence electrons. The molecule has 0 saturated carbocycles. The Balaban J connectivity index is 1.20. The lowest BCUT2D eigenvalue weighted by molar-refractivity contribution is 0.584. The third kappa shape index (κ3) is 6.28. The predicted octanol–water partition coefficient (Wildman–Crippen LogP) is 18.5. The number of benzene rings is 10. The molecule has 0 radical (unpaired) electrons. The highest BCUT2D eigenvalue weighted by molar-refractivity contribution is 6.26. The lowest BCUT2D eigenvalue weighted by Crippen LogP contribution is -2.28. The van der Waals surface area contributed by atoms with Crippen molar-refractivity contribution < 1.29 is 0 Å². The Morgan fingerprint density at radius 3 is 1.25 bits per heavy atom. The van der Waals surface area contributed by atoms with Crippen LogP contribution >= 0.6 is 0 Å². The summed E-state index contributed by atoms with van der Waals surface area (Å²) in [5, 5.41) is 7.63. The quantitative estimate of drug-likeness (QED) is 0.159. The molecule has 1 heteroatoms. The van der Waals surface area contributed by atoms with Crippen molar-refractivity contribution >= 4 is 49.4 Å². The molecular formula is C67H59N. The first-order valence-corrected chi connectivity index (χ1v) is 24.5. The Labute approximate surface area is 402 Å². The molecule has 0 N–H and O–H groups in total. The molecule has 0 heterocycles. The highest BCUT2D eigenvalue weighted by Gasteiger charge is 2.53. The zero-order chi connectivity index (χ0) is 46.9. The normalized spacial score (nSPS) is 13.8. The minimum Gasteiger partial charge on any atom is -0.310 e. The van der Waals surface area contributed by atoms with Crippen LogP contribution in [0.3, 0.4) is 0 Å². The second kappa shape index (κ2) is 14.9. The summed E-state index contributed by atoms with van der Waals surface area (Å²) in [5.74, 6) is 0. The van der Waals surface area contributed by atoms with Crippen LogP contribution in [0, 0.1) is 0 Å². The summed E-state index contributed by atoms with van der Waals surface area (Å²) >= 11 is 0. The van der Waals surface area contributed by atoms with Crippen molar-refractivity contribution in [1.29, 1.82) is 0 Å². The molecule has 10 aromatic rings. The standard InChI is InChI=1S/C67H59N/c1-64(2,3)44-28-34-54-55-35-29-45(65(4,5)6)39-60(55)67(59(54)38-44)58-24-17-25-62(63(58)56-36-30-46(40-61(56)67)66(7,8)9)68(47-31-26-43(27-32-47)42-18-11-10-12-19-42)48-33-37-53-51-22-14-13-20-49(51)50-21-15-16-23-52(50)57(53)41-48/h10-41H,1-9H3. The van der Waals surface area contributed by atoms with E-state index in [9.17, 15) is 0 Å². The van der Waals surface area contributed by atoms with E-state index in [-0.39, 0.29) is 16.2 Å². The molecule has 0 amide bonds. The van der Waals surface area contributed by atoms with Crippen LogP contribution in [0.15, 0.2) is 194 Å². The van der Waals surface area contributed by atoms with Crippen LogP contribution in [-0.4, -0.2) is 0 Å². The maximum absolute atomic E-state index is 2.58. The summed E-state index contributed by atoms with van der Waals surface area (Å²) < 4.78 is 0. The number of nitrogens with zero attached hydrogens (tertiary/aromatic N) is 1. The van der Waals surface area contributed by atoms with E-state index in [1.165, 1.54) is 110 Å². The number of hydrogen-bond acceptors (Lipinski definition) is 1. The molecule has 0 bridgehead atoms. The lowest BCUT2D eigenvalue weighted by Gasteiger charge is -2.34. The fraction of sp³-hybridized carbons (Fsp3) is 0.194. The summed E-state index contributed by atoms with van der Waals surface area (Å²) in [7, 11) is 0. The van der Waals surface area contributed by atoms with Crippen molar-refractivity contribution in [2.75, 3.05) is 4.90 Å². The van der Waals surface area contributed by atoms with Gasteiger partial charge in [-0.2, -0.15) is 0 Å². The van der Waals surface area contributed by atoms with Crippen molar-refractivity contribution in [1.82, 2.24) is 0 Å². The van der Waals surface area contributed by atoms with E-state index in [4.69, 9.17) is 0 Å². The third-order valence-electron chi connectivity index (χ3n) is 15.3. The summed E-state index contributed by atoms with van der Waals surface area (Å²) in [4.78, 5) is 2.55. The topological polar surface area (TPSA) is 3.24 Å². The maximum atomic E-state index is 2.58. The Morgan fingerprint density at radius 2 is 0.735 bits per heavy atom. The molecule has 2 aliphatic carbocycles. The van der Waals surface area contributed by atoms with E-state index in [0.29, 0.717) is 0 Å². The lowest BCUT2D eigenvalue weighted by atomic mass is 9.68. The van der Waals surface area contributed by atoms with Gasteiger partial charge < -0.3 is 4.90 Å². The van der Waals surface area contributed by atoms with Crippen molar-refractivity contribution in [2.24, 2.45) is 0 Å². The van der Waals surface area contributed by atoms with Gasteiger partial charge in [0, 0.05) is 16.9 Å². The highest BCUT2D eigenvalue weighted by Crippen LogP contribution is 2.66. The average Bonchev–Trinajstić information content (AvgIpc) is 3.80. The van der Waals surface area contributed by atoms with E-state index in [0.717, 1.165) is 11.4 Å². The van der Waals surface area contributed by atoms with Gasteiger partial charge in [0.1, 0.15) is 0 Å². The smallest absolute Gasteiger partial charge is 0.0726 e. The molecule has 0 atom stereocenters. The van der Waals surface area contributed by atoms with Crippen LogP contribution in [0.1, 0.15) is 101 Å². The second-order valence-corrected chi connectivity index (χ2v) is 22.6. The molecule has 0 fully saturated rings. The summed E-state index contributed by atoms with van der Waals surface area (Å²) in [6.07, 6.45) is 0. The molecule has 12 rings (SSSR count). The van der Waals surface area contributed by atoms with Gasteiger partial charge in [-0.25, -0.2) is 0 Å². The molecule has 0 aromatic heterocycles. The van der Waals surface area contributed by atoms with E-state index < -0.39 is 5.41 Å². The van der Waals surface area contributed by atoms with Crippen LogP contribution < -0.4 is 4.90 Å². The number of anilines is 3. The van der Waals surface area contributed by atoms with Gasteiger partial charge in [-0.05, 0) is 146 Å². The van der Waals surface area contributed by atoms with Gasteiger partial charge in [0.15, 0.2) is 0 Å². The number of fused-ring (bicyclic) bond motifs is 16. The van der Waals surface area contributed by atoms with E-state index in [1.54, 1.807) is 0 Å². The zero-order valence-electron chi connectivity index (χ0n) is 40.9. The third-order valence-corrected chi connectivity index (χ3v) is 15.3. The Bertz CT molecular complexity index is 3560. The summed E-state index contributed by atoms with van der Waals surface area (Å²) in [5.41, 5.74) is 20.0. The molecule has 1 nitrogen and oxygen atoms in total. The highest BCUT2D eigenvalue weighted by atomic mass is 15.1.